The van der Waals surface area contributed by atoms with Gasteiger partial charge >= 0.3 is 0 Å². The molecule has 2 amide bonds. The van der Waals surface area contributed by atoms with Gasteiger partial charge in [-0.2, -0.15) is 0 Å². The molecule has 1 aliphatic rings. The number of carbonyl (C=O) groups excluding carboxylic acids is 2. The van der Waals surface area contributed by atoms with Crippen molar-refractivity contribution in [3.63, 3.8) is 0 Å². The highest BCUT2D eigenvalue weighted by Crippen LogP contribution is 2.27. The first kappa shape index (κ1) is 32.0. The van der Waals surface area contributed by atoms with E-state index in [1.807, 2.05) is 80.6 Å². The molecule has 1 saturated carbocycles. The zero-order valence-corrected chi connectivity index (χ0v) is 26.7. The highest BCUT2D eigenvalue weighted by Gasteiger charge is 2.35. The van der Waals surface area contributed by atoms with Crippen LogP contribution in [0.3, 0.4) is 0 Å². The molecule has 1 atom stereocenters. The Balaban J connectivity index is 1.56. The maximum absolute atomic E-state index is 14.6. The summed E-state index contributed by atoms with van der Waals surface area (Å²) in [6, 6.07) is 31.9. The van der Waals surface area contributed by atoms with Gasteiger partial charge in [0, 0.05) is 19.0 Å². The van der Waals surface area contributed by atoms with Crippen LogP contribution >= 0.6 is 0 Å². The van der Waals surface area contributed by atoms with Gasteiger partial charge in [0.2, 0.25) is 11.8 Å². The fourth-order valence-corrected chi connectivity index (χ4v) is 7.26. The lowest BCUT2D eigenvalue weighted by Crippen LogP contribution is -2.54. The second-order valence-electron chi connectivity index (χ2n) is 11.8. The third kappa shape index (κ3) is 8.00. The molecule has 8 heteroatoms. The fourth-order valence-electron chi connectivity index (χ4n) is 5.83. The number of nitrogens with zero attached hydrogens (tertiary/aromatic N) is 2. The Morgan fingerprint density at radius 3 is 1.96 bits per heavy atom. The molecule has 0 saturated heterocycles. The summed E-state index contributed by atoms with van der Waals surface area (Å²) in [4.78, 5) is 30.3. The minimum atomic E-state index is -4.12. The normalized spacial score (nSPS) is 14.1. The van der Waals surface area contributed by atoms with E-state index >= 15 is 0 Å². The zero-order chi connectivity index (χ0) is 31.8. The Morgan fingerprint density at radius 1 is 0.778 bits per heavy atom. The number of carbonyl (C=O) groups is 2. The summed E-state index contributed by atoms with van der Waals surface area (Å²) in [6.45, 7) is 3.56. The molecule has 0 spiro atoms. The van der Waals surface area contributed by atoms with Gasteiger partial charge in [-0.05, 0) is 73.2 Å². The standard InChI is InChI=1S/C37H41N3O4S/c1-28-22-23-33(24-29(28)2)40(45(43,44)34-20-10-5-11-21-34)27-36(41)39(26-31-16-8-4-9-17-31)35(25-30-14-6-3-7-15-30)37(42)38-32-18-12-13-19-32/h3-11,14-17,20-24,32,35H,12-13,18-19,25-27H2,1-2H3,(H,38,42)/t35-/m1/s1. The first-order valence-corrected chi connectivity index (χ1v) is 17.0. The monoisotopic (exact) mass is 623 g/mol. The van der Waals surface area contributed by atoms with Crippen LogP contribution < -0.4 is 9.62 Å². The molecule has 4 aromatic carbocycles. The molecule has 1 N–H and O–H groups in total. The van der Waals surface area contributed by atoms with Gasteiger partial charge in [-0.3, -0.25) is 13.9 Å². The molecule has 0 aliphatic heterocycles. The summed E-state index contributed by atoms with van der Waals surface area (Å²) in [5.41, 5.74) is 4.08. The maximum atomic E-state index is 14.6. The molecule has 0 unspecified atom stereocenters. The van der Waals surface area contributed by atoms with Crippen LogP contribution in [0, 0.1) is 13.8 Å². The SMILES string of the molecule is Cc1ccc(N(CC(=O)N(Cc2ccccc2)[C@H](Cc2ccccc2)C(=O)NC2CCCC2)S(=O)(=O)c2ccccc2)cc1C. The van der Waals surface area contributed by atoms with E-state index < -0.39 is 28.5 Å². The van der Waals surface area contributed by atoms with Crippen LogP contribution in [0.2, 0.25) is 0 Å². The summed E-state index contributed by atoms with van der Waals surface area (Å²) >= 11 is 0. The Kier molecular flexibility index (Phi) is 10.4. The molecular formula is C37H41N3O4S. The number of rotatable bonds is 12. The van der Waals surface area contributed by atoms with Crippen molar-refractivity contribution in [3.05, 3.63) is 131 Å². The summed E-state index contributed by atoms with van der Waals surface area (Å²) in [5, 5.41) is 3.21. The number of anilines is 1. The van der Waals surface area contributed by atoms with E-state index in [1.165, 1.54) is 16.4 Å². The molecule has 0 aromatic heterocycles. The zero-order valence-electron chi connectivity index (χ0n) is 25.9. The van der Waals surface area contributed by atoms with Gasteiger partial charge in [0.15, 0.2) is 0 Å². The Labute approximate surface area is 266 Å². The smallest absolute Gasteiger partial charge is 0.264 e. The molecule has 0 heterocycles. The van der Waals surface area contributed by atoms with Gasteiger partial charge in [-0.15, -0.1) is 0 Å². The number of aryl methyl sites for hydroxylation is 2. The van der Waals surface area contributed by atoms with E-state index in [0.717, 1.165) is 47.9 Å². The molecule has 4 aromatic rings. The highest BCUT2D eigenvalue weighted by molar-refractivity contribution is 7.92. The topological polar surface area (TPSA) is 86.8 Å². The molecule has 0 radical (unpaired) electrons. The minimum Gasteiger partial charge on any atom is -0.352 e. The second-order valence-corrected chi connectivity index (χ2v) is 13.7. The predicted molar refractivity (Wildman–Crippen MR) is 178 cm³/mol. The van der Waals surface area contributed by atoms with Gasteiger partial charge in [-0.25, -0.2) is 8.42 Å². The number of sulfonamides is 1. The number of benzene rings is 4. The summed E-state index contributed by atoms with van der Waals surface area (Å²) in [7, 11) is -4.12. The molecule has 7 nitrogen and oxygen atoms in total. The van der Waals surface area contributed by atoms with E-state index in [4.69, 9.17) is 0 Å². The van der Waals surface area contributed by atoms with Crippen LogP contribution in [0.1, 0.15) is 47.9 Å². The van der Waals surface area contributed by atoms with Crippen molar-refractivity contribution in [3.8, 4) is 0 Å². The summed E-state index contributed by atoms with van der Waals surface area (Å²) in [5.74, 6) is -0.683. The van der Waals surface area contributed by atoms with E-state index in [-0.39, 0.29) is 23.4 Å². The number of amides is 2. The van der Waals surface area contributed by atoms with E-state index in [0.29, 0.717) is 12.1 Å². The molecule has 45 heavy (non-hydrogen) atoms. The first-order chi connectivity index (χ1) is 21.7. The molecule has 5 rings (SSSR count). The van der Waals surface area contributed by atoms with Crippen molar-refractivity contribution in [1.29, 1.82) is 0 Å². The Hall–Kier alpha value is -4.43. The van der Waals surface area contributed by atoms with Crippen molar-refractivity contribution in [2.75, 3.05) is 10.8 Å². The van der Waals surface area contributed by atoms with Crippen LogP contribution in [0.4, 0.5) is 5.69 Å². The lowest BCUT2D eigenvalue weighted by Gasteiger charge is -2.34. The number of hydrogen-bond acceptors (Lipinski definition) is 4. The van der Waals surface area contributed by atoms with Crippen molar-refractivity contribution < 1.29 is 18.0 Å². The van der Waals surface area contributed by atoms with Gasteiger partial charge in [0.05, 0.1) is 10.6 Å². The van der Waals surface area contributed by atoms with Gasteiger partial charge in [-0.1, -0.05) is 97.8 Å². The van der Waals surface area contributed by atoms with Crippen molar-refractivity contribution in [2.24, 2.45) is 0 Å². The van der Waals surface area contributed by atoms with Crippen molar-refractivity contribution in [1.82, 2.24) is 10.2 Å². The van der Waals surface area contributed by atoms with Crippen LogP contribution in [0.15, 0.2) is 114 Å². The van der Waals surface area contributed by atoms with Gasteiger partial charge < -0.3 is 10.2 Å². The lowest BCUT2D eigenvalue weighted by molar-refractivity contribution is -0.140. The average molecular weight is 624 g/mol. The maximum Gasteiger partial charge on any atom is 0.264 e. The second kappa shape index (κ2) is 14.6. The molecule has 1 fully saturated rings. The molecule has 1 aliphatic carbocycles. The number of hydrogen-bond donors (Lipinski definition) is 1. The van der Waals surface area contributed by atoms with Crippen LogP contribution in [0.25, 0.3) is 0 Å². The largest absolute Gasteiger partial charge is 0.352 e. The highest BCUT2D eigenvalue weighted by atomic mass is 32.2. The Morgan fingerprint density at radius 2 is 1.36 bits per heavy atom. The molecular weight excluding hydrogens is 582 g/mol. The third-order valence-corrected chi connectivity index (χ3v) is 10.3. The fraction of sp³-hybridized carbons (Fsp3) is 0.297. The predicted octanol–water partition coefficient (Wildman–Crippen LogP) is 6.20. The molecule has 234 valence electrons. The average Bonchev–Trinajstić information content (AvgIpc) is 3.57. The van der Waals surface area contributed by atoms with E-state index in [2.05, 4.69) is 5.32 Å². The van der Waals surface area contributed by atoms with Gasteiger partial charge in [0.25, 0.3) is 10.0 Å². The summed E-state index contributed by atoms with van der Waals surface area (Å²) in [6.07, 6.45) is 4.23. The van der Waals surface area contributed by atoms with Crippen LogP contribution in [0.5, 0.6) is 0 Å². The van der Waals surface area contributed by atoms with Crippen LogP contribution in [-0.4, -0.2) is 43.8 Å². The third-order valence-electron chi connectivity index (χ3n) is 8.56. The number of nitrogens with one attached hydrogen (secondary N) is 1. The van der Waals surface area contributed by atoms with Gasteiger partial charge in [0.1, 0.15) is 12.6 Å². The van der Waals surface area contributed by atoms with E-state index in [9.17, 15) is 18.0 Å². The van der Waals surface area contributed by atoms with Crippen molar-refractivity contribution >= 4 is 27.5 Å². The van der Waals surface area contributed by atoms with Crippen molar-refractivity contribution in [2.45, 2.75) is 69.5 Å². The quantitative estimate of drug-likeness (QED) is 0.204. The summed E-state index contributed by atoms with van der Waals surface area (Å²) < 4.78 is 29.5. The first-order valence-electron chi connectivity index (χ1n) is 15.5. The Bertz CT molecular complexity index is 1690. The minimum absolute atomic E-state index is 0.0648. The lowest BCUT2D eigenvalue weighted by atomic mass is 10.0. The van der Waals surface area contributed by atoms with Crippen LogP contribution in [-0.2, 0) is 32.6 Å². The van der Waals surface area contributed by atoms with E-state index in [1.54, 1.807) is 35.2 Å². The molecule has 0 bridgehead atoms.